The van der Waals surface area contributed by atoms with Crippen LogP contribution < -0.4 is 10.1 Å². The highest BCUT2D eigenvalue weighted by molar-refractivity contribution is 5.95. The molecule has 9 nitrogen and oxygen atoms in total. The number of rotatable bonds is 8. The summed E-state index contributed by atoms with van der Waals surface area (Å²) in [6.07, 6.45) is 2.03. The third-order valence-electron chi connectivity index (χ3n) is 2.90. The van der Waals surface area contributed by atoms with Crippen LogP contribution in [0.1, 0.15) is 5.76 Å². The minimum absolute atomic E-state index is 0.0164. The van der Waals surface area contributed by atoms with Crippen molar-refractivity contribution in [2.75, 3.05) is 11.9 Å². The zero-order chi connectivity index (χ0) is 19.8. The first-order valence-corrected chi connectivity index (χ1v) is 7.28. The van der Waals surface area contributed by atoms with Gasteiger partial charge in [0, 0.05) is 6.08 Å². The van der Waals surface area contributed by atoms with Crippen LogP contribution >= 0.6 is 0 Å². The summed E-state index contributed by atoms with van der Waals surface area (Å²) in [6.45, 7) is -3.76. The fourth-order valence-electron chi connectivity index (χ4n) is 1.82. The molecular formula is C16H12F2N2O7. The second kappa shape index (κ2) is 9.08. The number of hydrogen-bond donors (Lipinski definition) is 1. The van der Waals surface area contributed by atoms with E-state index in [2.05, 4.69) is 14.8 Å². The first-order valence-electron chi connectivity index (χ1n) is 7.28. The number of nitrogens with one attached hydrogen (secondary N) is 1. The van der Waals surface area contributed by atoms with E-state index in [-0.39, 0.29) is 17.2 Å². The number of carbonyl (C=O) groups is 2. The normalized spacial score (nSPS) is 10.8. The molecule has 0 atom stereocenters. The Labute approximate surface area is 150 Å². The van der Waals surface area contributed by atoms with Gasteiger partial charge in [0.15, 0.2) is 6.61 Å². The third kappa shape index (κ3) is 6.23. The molecule has 1 heterocycles. The van der Waals surface area contributed by atoms with Gasteiger partial charge in [-0.3, -0.25) is 14.9 Å². The number of esters is 1. The molecule has 2 aromatic rings. The van der Waals surface area contributed by atoms with Crippen LogP contribution in [0.3, 0.4) is 0 Å². The van der Waals surface area contributed by atoms with Gasteiger partial charge in [0.2, 0.25) is 0 Å². The summed E-state index contributed by atoms with van der Waals surface area (Å²) in [5, 5.41) is 12.7. The van der Waals surface area contributed by atoms with E-state index in [0.717, 1.165) is 18.2 Å². The summed E-state index contributed by atoms with van der Waals surface area (Å²) in [7, 11) is 0. The highest BCUT2D eigenvalue weighted by Gasteiger charge is 2.13. The van der Waals surface area contributed by atoms with Gasteiger partial charge >= 0.3 is 18.5 Å². The van der Waals surface area contributed by atoms with Gasteiger partial charge < -0.3 is 19.2 Å². The van der Waals surface area contributed by atoms with E-state index >= 15 is 0 Å². The zero-order valence-electron chi connectivity index (χ0n) is 13.5. The first-order chi connectivity index (χ1) is 12.8. The molecule has 1 aromatic carbocycles. The standard InChI is InChI=1S/C16H12F2N2O7/c17-16(18)27-12-4-2-1-3-11(12)19-13(21)9-25-15(22)8-6-10-5-7-14(26-10)20(23)24/h1-8,16H,9H2,(H,19,21)/b8-6+. The van der Waals surface area contributed by atoms with Crippen molar-refractivity contribution in [3.05, 3.63) is 58.3 Å². The SMILES string of the molecule is O=C(COC(=O)/C=C/c1ccc([N+](=O)[O-])o1)Nc1ccccc1OC(F)F. The molecule has 0 bridgehead atoms. The quantitative estimate of drug-likeness (QED) is 0.322. The largest absolute Gasteiger partial charge is 0.452 e. The molecule has 0 spiro atoms. The van der Waals surface area contributed by atoms with Crippen molar-refractivity contribution >= 4 is 29.5 Å². The summed E-state index contributed by atoms with van der Waals surface area (Å²) < 4.78 is 38.3. The summed E-state index contributed by atoms with van der Waals surface area (Å²) in [5.41, 5.74) is -0.0164. The second-order valence-corrected chi connectivity index (χ2v) is 4.80. The Hall–Kier alpha value is -3.76. The van der Waals surface area contributed by atoms with E-state index < -0.39 is 35.9 Å². The van der Waals surface area contributed by atoms with E-state index in [4.69, 9.17) is 4.42 Å². The molecule has 0 radical (unpaired) electrons. The number of hydrogen-bond acceptors (Lipinski definition) is 7. The maximum atomic E-state index is 12.3. The topological polar surface area (TPSA) is 121 Å². The molecule has 0 aliphatic carbocycles. The predicted octanol–water partition coefficient (Wildman–Crippen LogP) is 2.98. The van der Waals surface area contributed by atoms with Crippen LogP contribution in [0.5, 0.6) is 5.75 Å². The summed E-state index contributed by atoms with van der Waals surface area (Å²) in [5.74, 6) is -2.39. The average Bonchev–Trinajstić information content (AvgIpc) is 3.09. The Kier molecular flexibility index (Phi) is 6.58. The molecule has 1 amide bonds. The van der Waals surface area contributed by atoms with Crippen molar-refractivity contribution in [3.63, 3.8) is 0 Å². The van der Waals surface area contributed by atoms with E-state index in [1.807, 2.05) is 0 Å². The lowest BCUT2D eigenvalue weighted by Gasteiger charge is -2.11. The number of amides is 1. The van der Waals surface area contributed by atoms with Gasteiger partial charge in [-0.05, 0) is 24.3 Å². The van der Waals surface area contributed by atoms with Crippen molar-refractivity contribution < 1.29 is 37.2 Å². The molecular weight excluding hydrogens is 370 g/mol. The van der Waals surface area contributed by atoms with Gasteiger partial charge in [0.25, 0.3) is 5.91 Å². The van der Waals surface area contributed by atoms with Crippen molar-refractivity contribution in [1.29, 1.82) is 0 Å². The number of alkyl halides is 2. The number of nitro groups is 1. The van der Waals surface area contributed by atoms with E-state index in [9.17, 15) is 28.5 Å². The van der Waals surface area contributed by atoms with Crippen LogP contribution in [0.25, 0.3) is 6.08 Å². The monoisotopic (exact) mass is 382 g/mol. The van der Waals surface area contributed by atoms with Crippen molar-refractivity contribution in [1.82, 2.24) is 0 Å². The summed E-state index contributed by atoms with van der Waals surface area (Å²) >= 11 is 0. The fourth-order valence-corrected chi connectivity index (χ4v) is 1.82. The highest BCUT2D eigenvalue weighted by atomic mass is 19.3. The Morgan fingerprint density at radius 1 is 1.26 bits per heavy atom. The predicted molar refractivity (Wildman–Crippen MR) is 87.1 cm³/mol. The number of benzene rings is 1. The minimum atomic E-state index is -3.07. The number of carbonyl (C=O) groups excluding carboxylic acids is 2. The Balaban J connectivity index is 1.85. The highest BCUT2D eigenvalue weighted by Crippen LogP contribution is 2.25. The molecule has 1 aromatic heterocycles. The molecule has 2 rings (SSSR count). The lowest BCUT2D eigenvalue weighted by atomic mass is 10.3. The van der Waals surface area contributed by atoms with Gasteiger partial charge in [-0.1, -0.05) is 12.1 Å². The van der Waals surface area contributed by atoms with Gasteiger partial charge in [0.1, 0.15) is 16.4 Å². The molecule has 1 N–H and O–H groups in total. The van der Waals surface area contributed by atoms with E-state index in [0.29, 0.717) is 0 Å². The van der Waals surface area contributed by atoms with Crippen LogP contribution in [0, 0.1) is 10.1 Å². The number of ether oxygens (including phenoxy) is 2. The average molecular weight is 382 g/mol. The maximum absolute atomic E-state index is 12.3. The summed E-state index contributed by atoms with van der Waals surface area (Å²) in [4.78, 5) is 33.0. The van der Waals surface area contributed by atoms with Gasteiger partial charge in [-0.15, -0.1) is 0 Å². The molecule has 0 saturated heterocycles. The lowest BCUT2D eigenvalue weighted by Crippen LogP contribution is -2.20. The van der Waals surface area contributed by atoms with E-state index in [1.165, 1.54) is 30.3 Å². The lowest BCUT2D eigenvalue weighted by molar-refractivity contribution is -0.402. The molecule has 0 saturated carbocycles. The van der Waals surface area contributed by atoms with Gasteiger partial charge in [-0.2, -0.15) is 8.78 Å². The fraction of sp³-hybridized carbons (Fsp3) is 0.125. The third-order valence-corrected chi connectivity index (χ3v) is 2.90. The van der Waals surface area contributed by atoms with Gasteiger partial charge in [0.05, 0.1) is 11.8 Å². The number of nitrogens with zero attached hydrogens (tertiary/aromatic N) is 1. The molecule has 11 heteroatoms. The van der Waals surface area contributed by atoms with Crippen LogP contribution in [-0.4, -0.2) is 30.0 Å². The second-order valence-electron chi connectivity index (χ2n) is 4.80. The molecule has 0 aliphatic heterocycles. The van der Waals surface area contributed by atoms with E-state index in [1.54, 1.807) is 0 Å². The van der Waals surface area contributed by atoms with Gasteiger partial charge in [-0.25, -0.2) is 4.79 Å². The molecule has 0 fully saturated rings. The number of halogens is 2. The first kappa shape index (κ1) is 19.6. The Morgan fingerprint density at radius 2 is 2.00 bits per heavy atom. The Bertz CT molecular complexity index is 864. The summed E-state index contributed by atoms with van der Waals surface area (Å²) in [6, 6.07) is 7.88. The van der Waals surface area contributed by atoms with Crippen LogP contribution in [0.4, 0.5) is 20.4 Å². The Morgan fingerprint density at radius 3 is 2.67 bits per heavy atom. The number of anilines is 1. The van der Waals surface area contributed by atoms with Crippen molar-refractivity contribution in [2.24, 2.45) is 0 Å². The number of para-hydroxylation sites is 2. The minimum Gasteiger partial charge on any atom is -0.452 e. The molecule has 0 unspecified atom stereocenters. The van der Waals surface area contributed by atoms with Crippen molar-refractivity contribution in [2.45, 2.75) is 6.61 Å². The van der Waals surface area contributed by atoms with Crippen LogP contribution in [-0.2, 0) is 14.3 Å². The van der Waals surface area contributed by atoms with Crippen molar-refractivity contribution in [3.8, 4) is 5.75 Å². The molecule has 142 valence electrons. The zero-order valence-corrected chi connectivity index (χ0v) is 13.5. The van der Waals surface area contributed by atoms with Crippen LogP contribution in [0.15, 0.2) is 46.9 Å². The van der Waals surface area contributed by atoms with Crippen LogP contribution in [0.2, 0.25) is 0 Å². The number of furan rings is 1. The maximum Gasteiger partial charge on any atom is 0.433 e. The molecule has 0 aliphatic rings. The molecule has 27 heavy (non-hydrogen) atoms. The smallest absolute Gasteiger partial charge is 0.433 e.